The molecule has 1 heterocycles. The molecule has 3 rings (SSSR count). The Morgan fingerprint density at radius 3 is 2.67 bits per heavy atom. The molecule has 1 N–H and O–H groups in total. The van der Waals surface area contributed by atoms with Crippen LogP contribution >= 0.6 is 0 Å². The zero-order chi connectivity index (χ0) is 21.3. The van der Waals surface area contributed by atoms with E-state index in [0.29, 0.717) is 19.8 Å². The summed E-state index contributed by atoms with van der Waals surface area (Å²) in [5.74, 6) is 0.926. The van der Waals surface area contributed by atoms with E-state index in [1.807, 2.05) is 25.1 Å². The number of fused-ring (bicyclic) bond motifs is 1. The smallest absolute Gasteiger partial charge is 0.407 e. The number of nitrogens with zero attached hydrogens (tertiary/aromatic N) is 1. The molecule has 1 aromatic carbocycles. The predicted molar refractivity (Wildman–Crippen MR) is 118 cm³/mol. The van der Waals surface area contributed by atoms with E-state index >= 15 is 0 Å². The quantitative estimate of drug-likeness (QED) is 0.564. The van der Waals surface area contributed by atoms with E-state index in [4.69, 9.17) is 19.2 Å². The Morgan fingerprint density at radius 2 is 1.93 bits per heavy atom. The fourth-order valence-corrected chi connectivity index (χ4v) is 3.88. The summed E-state index contributed by atoms with van der Waals surface area (Å²) < 4.78 is 17.3. The molecule has 1 aliphatic rings. The number of para-hydroxylation sites is 1. The molecule has 0 radical (unpaired) electrons. The predicted octanol–water partition coefficient (Wildman–Crippen LogP) is 5.30. The van der Waals surface area contributed by atoms with Gasteiger partial charge in [-0.05, 0) is 58.1 Å². The molecular weight excluding hydrogens is 380 g/mol. The summed E-state index contributed by atoms with van der Waals surface area (Å²) in [7, 11) is 0. The molecule has 164 valence electrons. The highest BCUT2D eigenvalue weighted by atomic mass is 16.5. The van der Waals surface area contributed by atoms with Gasteiger partial charge in [0.2, 0.25) is 0 Å². The number of aromatic nitrogens is 1. The van der Waals surface area contributed by atoms with E-state index in [-0.39, 0.29) is 18.2 Å². The van der Waals surface area contributed by atoms with Crippen molar-refractivity contribution in [3.05, 3.63) is 35.5 Å². The van der Waals surface area contributed by atoms with Crippen LogP contribution in [0.5, 0.6) is 5.75 Å². The van der Waals surface area contributed by atoms with Crippen LogP contribution in [0.4, 0.5) is 4.79 Å². The van der Waals surface area contributed by atoms with Crippen LogP contribution in [0.25, 0.3) is 10.9 Å². The number of pyridine rings is 1. The molecule has 6 heteroatoms. The van der Waals surface area contributed by atoms with Crippen LogP contribution in [0.2, 0.25) is 0 Å². The first-order valence-electron chi connectivity index (χ1n) is 11.2. The van der Waals surface area contributed by atoms with E-state index < -0.39 is 0 Å². The number of hydrogen-bond donors (Lipinski definition) is 1. The Morgan fingerprint density at radius 1 is 1.17 bits per heavy atom. The van der Waals surface area contributed by atoms with Gasteiger partial charge in [0, 0.05) is 17.0 Å². The standard InChI is InChI=1S/C24H34N2O4/c1-4-6-15-29-23-17(3)22(26-21-10-8-7-9-20(21)23)16-30-19-13-11-18(12-14-19)25-24(27)28-5-2/h7-10,18-19H,4-6,11-16H2,1-3H3,(H,25,27). The molecular formula is C24H34N2O4. The van der Waals surface area contributed by atoms with Crippen molar-refractivity contribution in [2.45, 2.75) is 78.0 Å². The van der Waals surface area contributed by atoms with E-state index in [2.05, 4.69) is 25.2 Å². The fraction of sp³-hybridized carbons (Fsp3) is 0.583. The monoisotopic (exact) mass is 414 g/mol. The third kappa shape index (κ3) is 5.85. The average molecular weight is 415 g/mol. The van der Waals surface area contributed by atoms with Gasteiger partial charge in [-0.25, -0.2) is 9.78 Å². The minimum Gasteiger partial charge on any atom is -0.493 e. The maximum atomic E-state index is 11.6. The van der Waals surface area contributed by atoms with Crippen molar-refractivity contribution in [2.75, 3.05) is 13.2 Å². The molecule has 1 amide bonds. The second-order valence-corrected chi connectivity index (χ2v) is 7.88. The number of ether oxygens (including phenoxy) is 3. The number of amides is 1. The van der Waals surface area contributed by atoms with Gasteiger partial charge in [-0.1, -0.05) is 25.5 Å². The van der Waals surface area contributed by atoms with Crippen LogP contribution in [-0.2, 0) is 16.1 Å². The summed E-state index contributed by atoms with van der Waals surface area (Å²) in [5, 5.41) is 3.99. The maximum Gasteiger partial charge on any atom is 0.407 e. The number of carbonyl (C=O) groups is 1. The molecule has 0 saturated heterocycles. The lowest BCUT2D eigenvalue weighted by atomic mass is 9.93. The summed E-state index contributed by atoms with van der Waals surface area (Å²) in [6.07, 6.45) is 5.64. The lowest BCUT2D eigenvalue weighted by molar-refractivity contribution is 0.00941. The van der Waals surface area contributed by atoms with Gasteiger partial charge in [-0.2, -0.15) is 0 Å². The highest BCUT2D eigenvalue weighted by molar-refractivity contribution is 5.86. The molecule has 30 heavy (non-hydrogen) atoms. The molecule has 1 aliphatic carbocycles. The van der Waals surface area contributed by atoms with Crippen molar-refractivity contribution < 1.29 is 19.0 Å². The molecule has 1 saturated carbocycles. The van der Waals surface area contributed by atoms with Crippen LogP contribution in [0.15, 0.2) is 24.3 Å². The van der Waals surface area contributed by atoms with Crippen LogP contribution in [0.1, 0.15) is 63.6 Å². The number of nitrogens with one attached hydrogen (secondary N) is 1. The van der Waals surface area contributed by atoms with E-state index in [9.17, 15) is 4.79 Å². The second-order valence-electron chi connectivity index (χ2n) is 7.88. The Labute approximate surface area is 179 Å². The number of hydrogen-bond acceptors (Lipinski definition) is 5. The van der Waals surface area contributed by atoms with Crippen LogP contribution in [-0.4, -0.2) is 36.4 Å². The van der Waals surface area contributed by atoms with Gasteiger partial charge in [0.05, 0.1) is 37.1 Å². The SMILES string of the molecule is CCCCOc1c(C)c(COC2CCC(NC(=O)OCC)CC2)nc2ccccc12. The largest absolute Gasteiger partial charge is 0.493 e. The second kappa shape index (κ2) is 11.2. The van der Waals surface area contributed by atoms with Crippen molar-refractivity contribution in [3.63, 3.8) is 0 Å². The molecule has 0 aliphatic heterocycles. The molecule has 1 aromatic heterocycles. The molecule has 0 spiro atoms. The third-order valence-corrected chi connectivity index (χ3v) is 5.65. The Balaban J connectivity index is 1.61. The zero-order valence-electron chi connectivity index (χ0n) is 18.4. The first kappa shape index (κ1) is 22.3. The lowest BCUT2D eigenvalue weighted by Gasteiger charge is -2.29. The fourth-order valence-electron chi connectivity index (χ4n) is 3.88. The number of benzene rings is 1. The highest BCUT2D eigenvalue weighted by Crippen LogP contribution is 2.31. The van der Waals surface area contributed by atoms with Crippen molar-refractivity contribution >= 4 is 17.0 Å². The van der Waals surface area contributed by atoms with Crippen LogP contribution in [0.3, 0.4) is 0 Å². The van der Waals surface area contributed by atoms with E-state index in [1.165, 1.54) is 0 Å². The zero-order valence-corrected chi connectivity index (χ0v) is 18.4. The number of carbonyl (C=O) groups excluding carboxylic acids is 1. The van der Waals surface area contributed by atoms with E-state index in [1.54, 1.807) is 0 Å². The normalized spacial score (nSPS) is 18.9. The Hall–Kier alpha value is -2.34. The molecule has 1 fully saturated rings. The summed E-state index contributed by atoms with van der Waals surface area (Å²) >= 11 is 0. The number of alkyl carbamates (subject to hydrolysis) is 1. The lowest BCUT2D eigenvalue weighted by Crippen LogP contribution is -2.39. The summed E-state index contributed by atoms with van der Waals surface area (Å²) in [4.78, 5) is 16.4. The first-order chi connectivity index (χ1) is 14.6. The summed E-state index contributed by atoms with van der Waals surface area (Å²) in [6.45, 7) is 7.63. The van der Waals surface area contributed by atoms with Crippen molar-refractivity contribution in [1.29, 1.82) is 0 Å². The Bertz CT molecular complexity index is 831. The third-order valence-electron chi connectivity index (χ3n) is 5.65. The topological polar surface area (TPSA) is 69.7 Å². The minimum absolute atomic E-state index is 0.169. The molecule has 2 aromatic rings. The van der Waals surface area contributed by atoms with Gasteiger partial charge in [0.15, 0.2) is 0 Å². The number of unbranched alkanes of at least 4 members (excludes halogenated alkanes) is 1. The van der Waals surface area contributed by atoms with Crippen molar-refractivity contribution in [2.24, 2.45) is 0 Å². The Kier molecular flexibility index (Phi) is 8.31. The summed E-state index contributed by atoms with van der Waals surface area (Å²) in [6, 6.07) is 8.29. The minimum atomic E-state index is -0.326. The number of rotatable bonds is 9. The molecule has 0 unspecified atom stereocenters. The van der Waals surface area contributed by atoms with Gasteiger partial charge in [0.1, 0.15) is 5.75 Å². The first-order valence-corrected chi connectivity index (χ1v) is 11.2. The molecule has 0 atom stereocenters. The molecule has 6 nitrogen and oxygen atoms in total. The van der Waals surface area contributed by atoms with Gasteiger partial charge in [-0.15, -0.1) is 0 Å². The average Bonchev–Trinajstić information content (AvgIpc) is 2.75. The van der Waals surface area contributed by atoms with Gasteiger partial charge in [-0.3, -0.25) is 0 Å². The van der Waals surface area contributed by atoms with Crippen molar-refractivity contribution in [3.8, 4) is 5.75 Å². The maximum absolute atomic E-state index is 11.6. The van der Waals surface area contributed by atoms with Gasteiger partial charge in [0.25, 0.3) is 0 Å². The molecule has 0 bridgehead atoms. The summed E-state index contributed by atoms with van der Waals surface area (Å²) in [5.41, 5.74) is 2.94. The highest BCUT2D eigenvalue weighted by Gasteiger charge is 2.24. The van der Waals surface area contributed by atoms with E-state index in [0.717, 1.165) is 66.4 Å². The van der Waals surface area contributed by atoms with Gasteiger partial charge >= 0.3 is 6.09 Å². The van der Waals surface area contributed by atoms with Crippen molar-refractivity contribution in [1.82, 2.24) is 10.3 Å². The van der Waals surface area contributed by atoms with Crippen LogP contribution < -0.4 is 10.1 Å². The van der Waals surface area contributed by atoms with Gasteiger partial charge < -0.3 is 19.5 Å². The van der Waals surface area contributed by atoms with Crippen LogP contribution in [0, 0.1) is 6.92 Å².